The second-order valence-corrected chi connectivity index (χ2v) is 5.65. The number of rotatable bonds is 6. The summed E-state index contributed by atoms with van der Waals surface area (Å²) in [6.07, 6.45) is 5.43. The molecule has 1 fully saturated rings. The molecular formula is C15H26N4. The van der Waals surface area contributed by atoms with Crippen LogP contribution in [0.25, 0.3) is 0 Å². The molecule has 1 aliphatic heterocycles. The van der Waals surface area contributed by atoms with Crippen LogP contribution in [0.1, 0.15) is 51.6 Å². The van der Waals surface area contributed by atoms with Crippen LogP contribution in [-0.4, -0.2) is 35.6 Å². The molecule has 0 saturated carbocycles. The van der Waals surface area contributed by atoms with Gasteiger partial charge in [-0.1, -0.05) is 20.8 Å². The van der Waals surface area contributed by atoms with Gasteiger partial charge < -0.3 is 10.2 Å². The highest BCUT2D eigenvalue weighted by Crippen LogP contribution is 2.25. The molecule has 2 heterocycles. The summed E-state index contributed by atoms with van der Waals surface area (Å²) in [5.41, 5.74) is 1.14. The van der Waals surface area contributed by atoms with Crippen molar-refractivity contribution in [3.8, 4) is 0 Å². The molecular weight excluding hydrogens is 236 g/mol. The maximum absolute atomic E-state index is 4.47. The van der Waals surface area contributed by atoms with Crippen LogP contribution in [0, 0.1) is 0 Å². The van der Waals surface area contributed by atoms with Crippen LogP contribution >= 0.6 is 0 Å². The van der Waals surface area contributed by atoms with Gasteiger partial charge in [-0.2, -0.15) is 0 Å². The Morgan fingerprint density at radius 2 is 2.26 bits per heavy atom. The maximum atomic E-state index is 4.47. The van der Waals surface area contributed by atoms with Crippen LogP contribution in [0.15, 0.2) is 12.4 Å². The average Bonchev–Trinajstić information content (AvgIpc) is 2.87. The van der Waals surface area contributed by atoms with Crippen molar-refractivity contribution in [3.63, 3.8) is 0 Å². The fraction of sp³-hybridized carbons (Fsp3) is 0.733. The molecule has 106 valence electrons. The molecule has 0 radical (unpaired) electrons. The minimum absolute atomic E-state index is 0.459. The van der Waals surface area contributed by atoms with Crippen LogP contribution < -0.4 is 10.2 Å². The van der Waals surface area contributed by atoms with Gasteiger partial charge in [0.15, 0.2) is 0 Å². The first kappa shape index (κ1) is 14.3. The third-order valence-corrected chi connectivity index (χ3v) is 3.74. The Hall–Kier alpha value is -1.16. The SMILES string of the molecule is CCCNCC1CCCN1c1cc(C(C)C)ncn1. The van der Waals surface area contributed by atoms with Crippen LogP contribution in [0.5, 0.6) is 0 Å². The molecule has 2 rings (SSSR count). The molecule has 1 atom stereocenters. The molecule has 0 spiro atoms. The molecule has 4 heteroatoms. The van der Waals surface area contributed by atoms with Crippen LogP contribution in [-0.2, 0) is 0 Å². The standard InChI is InChI=1S/C15H26N4/c1-4-7-16-10-13-6-5-8-19(13)15-9-14(12(2)3)17-11-18-15/h9,11-13,16H,4-8,10H2,1-3H3. The quantitative estimate of drug-likeness (QED) is 0.800. The van der Waals surface area contributed by atoms with Crippen molar-refractivity contribution in [2.24, 2.45) is 0 Å². The van der Waals surface area contributed by atoms with E-state index in [9.17, 15) is 0 Å². The summed E-state index contributed by atoms with van der Waals surface area (Å²) in [5.74, 6) is 1.56. The number of hydrogen-bond donors (Lipinski definition) is 1. The molecule has 0 aromatic carbocycles. The lowest BCUT2D eigenvalue weighted by molar-refractivity contribution is 0.568. The molecule has 1 aromatic heterocycles. The minimum Gasteiger partial charge on any atom is -0.352 e. The van der Waals surface area contributed by atoms with Gasteiger partial charge in [-0.3, -0.25) is 0 Å². The number of nitrogens with one attached hydrogen (secondary N) is 1. The molecule has 0 bridgehead atoms. The molecule has 4 nitrogen and oxygen atoms in total. The third-order valence-electron chi connectivity index (χ3n) is 3.74. The zero-order chi connectivity index (χ0) is 13.7. The Kier molecular flexibility index (Phi) is 5.14. The summed E-state index contributed by atoms with van der Waals surface area (Å²) < 4.78 is 0. The van der Waals surface area contributed by atoms with E-state index in [0.29, 0.717) is 12.0 Å². The number of aromatic nitrogens is 2. The van der Waals surface area contributed by atoms with Crippen molar-refractivity contribution >= 4 is 5.82 Å². The third kappa shape index (κ3) is 3.66. The lowest BCUT2D eigenvalue weighted by Gasteiger charge is -2.26. The molecule has 1 N–H and O–H groups in total. The summed E-state index contributed by atoms with van der Waals surface area (Å²) in [5, 5.41) is 3.53. The maximum Gasteiger partial charge on any atom is 0.132 e. The lowest BCUT2D eigenvalue weighted by atomic mass is 10.1. The van der Waals surface area contributed by atoms with Gasteiger partial charge in [-0.25, -0.2) is 9.97 Å². The highest BCUT2D eigenvalue weighted by Gasteiger charge is 2.25. The predicted octanol–water partition coefficient (Wildman–Crippen LogP) is 2.57. The molecule has 1 unspecified atom stereocenters. The zero-order valence-electron chi connectivity index (χ0n) is 12.4. The van der Waals surface area contributed by atoms with E-state index in [1.54, 1.807) is 6.33 Å². The molecule has 19 heavy (non-hydrogen) atoms. The fourth-order valence-electron chi connectivity index (χ4n) is 2.63. The van der Waals surface area contributed by atoms with E-state index < -0.39 is 0 Å². The van der Waals surface area contributed by atoms with Crippen molar-refractivity contribution in [1.29, 1.82) is 0 Å². The Morgan fingerprint density at radius 1 is 1.42 bits per heavy atom. The number of anilines is 1. The van der Waals surface area contributed by atoms with Gasteiger partial charge in [-0.15, -0.1) is 0 Å². The smallest absolute Gasteiger partial charge is 0.132 e. The van der Waals surface area contributed by atoms with E-state index in [0.717, 1.165) is 31.1 Å². The monoisotopic (exact) mass is 262 g/mol. The summed E-state index contributed by atoms with van der Waals surface area (Å²) in [4.78, 5) is 11.3. The van der Waals surface area contributed by atoms with Crippen LogP contribution in [0.3, 0.4) is 0 Å². The van der Waals surface area contributed by atoms with Gasteiger partial charge in [0.2, 0.25) is 0 Å². The van der Waals surface area contributed by atoms with Crippen molar-refractivity contribution in [2.75, 3.05) is 24.5 Å². The van der Waals surface area contributed by atoms with E-state index in [-0.39, 0.29) is 0 Å². The minimum atomic E-state index is 0.459. The first-order chi connectivity index (χ1) is 9.22. The van der Waals surface area contributed by atoms with E-state index in [1.807, 2.05) is 0 Å². The fourth-order valence-corrected chi connectivity index (χ4v) is 2.63. The van der Waals surface area contributed by atoms with Gasteiger partial charge in [-0.05, 0) is 31.7 Å². The lowest BCUT2D eigenvalue weighted by Crippen LogP contribution is -2.38. The molecule has 1 aliphatic rings. The highest BCUT2D eigenvalue weighted by molar-refractivity contribution is 5.42. The summed E-state index contributed by atoms with van der Waals surface area (Å²) in [7, 11) is 0. The first-order valence-electron chi connectivity index (χ1n) is 7.51. The van der Waals surface area contributed by atoms with Crippen LogP contribution in [0.4, 0.5) is 5.82 Å². The highest BCUT2D eigenvalue weighted by atomic mass is 15.2. The normalized spacial score (nSPS) is 19.4. The van der Waals surface area contributed by atoms with Crippen molar-refractivity contribution in [2.45, 2.75) is 52.0 Å². The summed E-state index contributed by atoms with van der Waals surface area (Å²) in [6.45, 7) is 9.85. The van der Waals surface area contributed by atoms with E-state index >= 15 is 0 Å². The predicted molar refractivity (Wildman–Crippen MR) is 79.6 cm³/mol. The van der Waals surface area contributed by atoms with Gasteiger partial charge in [0.25, 0.3) is 0 Å². The summed E-state index contributed by atoms with van der Waals surface area (Å²) >= 11 is 0. The van der Waals surface area contributed by atoms with E-state index in [1.165, 1.54) is 19.3 Å². The average molecular weight is 262 g/mol. The van der Waals surface area contributed by atoms with Gasteiger partial charge >= 0.3 is 0 Å². The molecule has 1 saturated heterocycles. The second kappa shape index (κ2) is 6.85. The largest absolute Gasteiger partial charge is 0.352 e. The Balaban J connectivity index is 2.04. The summed E-state index contributed by atoms with van der Waals surface area (Å²) in [6, 6.07) is 2.74. The second-order valence-electron chi connectivity index (χ2n) is 5.65. The van der Waals surface area contributed by atoms with Crippen molar-refractivity contribution in [3.05, 3.63) is 18.1 Å². The van der Waals surface area contributed by atoms with Gasteiger partial charge in [0.1, 0.15) is 12.1 Å². The number of hydrogen-bond acceptors (Lipinski definition) is 4. The Labute approximate surface area is 116 Å². The molecule has 0 aliphatic carbocycles. The van der Waals surface area contributed by atoms with E-state index in [2.05, 4.69) is 47.0 Å². The topological polar surface area (TPSA) is 41.0 Å². The van der Waals surface area contributed by atoms with Gasteiger partial charge in [0, 0.05) is 30.9 Å². The van der Waals surface area contributed by atoms with E-state index in [4.69, 9.17) is 0 Å². The van der Waals surface area contributed by atoms with Crippen molar-refractivity contribution < 1.29 is 0 Å². The molecule has 1 aromatic rings. The van der Waals surface area contributed by atoms with Gasteiger partial charge in [0.05, 0.1) is 0 Å². The first-order valence-corrected chi connectivity index (χ1v) is 7.51. The number of nitrogens with zero attached hydrogens (tertiary/aromatic N) is 3. The van der Waals surface area contributed by atoms with Crippen molar-refractivity contribution in [1.82, 2.24) is 15.3 Å². The zero-order valence-corrected chi connectivity index (χ0v) is 12.4. The van der Waals surface area contributed by atoms with Crippen LogP contribution in [0.2, 0.25) is 0 Å². The Bertz CT molecular complexity index is 391. The Morgan fingerprint density at radius 3 is 3.00 bits per heavy atom. The molecule has 0 amide bonds.